The van der Waals surface area contributed by atoms with Crippen LogP contribution in [0.5, 0.6) is 0 Å². The Bertz CT molecular complexity index is 817. The fourth-order valence-electron chi connectivity index (χ4n) is 3.49. The summed E-state index contributed by atoms with van der Waals surface area (Å²) in [7, 11) is 2.78. The molecule has 3 rings (SSSR count). The number of benzene rings is 2. The van der Waals surface area contributed by atoms with Gasteiger partial charge >= 0.3 is 11.9 Å². The summed E-state index contributed by atoms with van der Waals surface area (Å²) in [5.74, 6) is -0.630. The van der Waals surface area contributed by atoms with Crippen molar-refractivity contribution in [3.05, 3.63) is 65.2 Å². The monoisotopic (exact) mass is 382 g/mol. The summed E-state index contributed by atoms with van der Waals surface area (Å²) in [6.45, 7) is 5.84. The third-order valence-corrected chi connectivity index (χ3v) is 5.18. The van der Waals surface area contributed by atoms with E-state index in [0.717, 1.165) is 31.9 Å². The van der Waals surface area contributed by atoms with E-state index in [9.17, 15) is 9.59 Å². The lowest BCUT2D eigenvalue weighted by molar-refractivity contribution is 0.0592. The molecular weight excluding hydrogens is 356 g/mol. The molecule has 0 aromatic heterocycles. The van der Waals surface area contributed by atoms with Crippen molar-refractivity contribution in [3.63, 3.8) is 0 Å². The summed E-state index contributed by atoms with van der Waals surface area (Å²) >= 11 is 0. The van der Waals surface area contributed by atoms with Crippen LogP contribution in [0.4, 0.5) is 5.69 Å². The van der Waals surface area contributed by atoms with Gasteiger partial charge in [0.25, 0.3) is 0 Å². The number of hydrogen-bond donors (Lipinski definition) is 0. The Morgan fingerprint density at radius 3 is 1.93 bits per heavy atom. The first-order chi connectivity index (χ1) is 13.5. The quantitative estimate of drug-likeness (QED) is 0.741. The first kappa shape index (κ1) is 19.9. The number of esters is 2. The maximum atomic E-state index is 11.6. The number of carbonyl (C=O) groups excluding carboxylic acids is 2. The van der Waals surface area contributed by atoms with Crippen LogP contribution >= 0.6 is 0 Å². The minimum atomic E-state index is -0.317. The standard InChI is InChI=1S/C22H26N2O4/c1-16-14-24(20-10-8-19(9-11-20)22(26)28-3)13-12-23(16)15-17-4-6-18(7-5-17)21(25)27-2/h4-11,16H,12-15H2,1-3H3. The van der Waals surface area contributed by atoms with Gasteiger partial charge in [0, 0.05) is 37.9 Å². The van der Waals surface area contributed by atoms with Crippen molar-refractivity contribution in [1.29, 1.82) is 0 Å². The second-order valence-electron chi connectivity index (χ2n) is 6.99. The molecule has 1 atom stereocenters. The van der Waals surface area contributed by atoms with Crippen LogP contribution in [0, 0.1) is 0 Å². The van der Waals surface area contributed by atoms with Gasteiger partial charge in [0.05, 0.1) is 25.3 Å². The van der Waals surface area contributed by atoms with Gasteiger partial charge in [-0.1, -0.05) is 12.1 Å². The molecular formula is C22H26N2O4. The number of nitrogens with zero attached hydrogens (tertiary/aromatic N) is 2. The zero-order valence-electron chi connectivity index (χ0n) is 16.6. The second-order valence-corrected chi connectivity index (χ2v) is 6.99. The van der Waals surface area contributed by atoms with Crippen molar-refractivity contribution < 1.29 is 19.1 Å². The van der Waals surface area contributed by atoms with Crippen LogP contribution in [0.15, 0.2) is 48.5 Å². The van der Waals surface area contributed by atoms with Crippen LogP contribution in [0.1, 0.15) is 33.2 Å². The Hall–Kier alpha value is -2.86. The smallest absolute Gasteiger partial charge is 0.337 e. The van der Waals surface area contributed by atoms with Gasteiger partial charge in [0.15, 0.2) is 0 Å². The van der Waals surface area contributed by atoms with Gasteiger partial charge in [0.2, 0.25) is 0 Å². The Labute approximate surface area is 165 Å². The molecule has 148 valence electrons. The zero-order valence-corrected chi connectivity index (χ0v) is 16.6. The highest BCUT2D eigenvalue weighted by atomic mass is 16.5. The van der Waals surface area contributed by atoms with Gasteiger partial charge in [0.1, 0.15) is 0 Å². The fourth-order valence-corrected chi connectivity index (χ4v) is 3.49. The molecule has 0 radical (unpaired) electrons. The Morgan fingerprint density at radius 2 is 1.43 bits per heavy atom. The highest BCUT2D eigenvalue weighted by Crippen LogP contribution is 2.21. The maximum absolute atomic E-state index is 11.6. The van der Waals surface area contributed by atoms with E-state index in [0.29, 0.717) is 17.2 Å². The summed E-state index contributed by atoms with van der Waals surface area (Å²) in [4.78, 5) is 27.9. The van der Waals surface area contributed by atoms with Crippen LogP contribution in [0.3, 0.4) is 0 Å². The molecule has 1 aliphatic heterocycles. The molecule has 1 saturated heterocycles. The van der Waals surface area contributed by atoms with Crippen LogP contribution in [0.2, 0.25) is 0 Å². The van der Waals surface area contributed by atoms with E-state index in [1.807, 2.05) is 36.4 Å². The van der Waals surface area contributed by atoms with Gasteiger partial charge in [-0.25, -0.2) is 9.59 Å². The summed E-state index contributed by atoms with van der Waals surface area (Å²) in [6.07, 6.45) is 0. The molecule has 6 heteroatoms. The number of piperazine rings is 1. The molecule has 0 bridgehead atoms. The number of carbonyl (C=O) groups is 2. The Morgan fingerprint density at radius 1 is 0.893 bits per heavy atom. The van der Waals surface area contributed by atoms with E-state index in [1.54, 1.807) is 12.1 Å². The van der Waals surface area contributed by atoms with Gasteiger partial charge < -0.3 is 14.4 Å². The summed E-state index contributed by atoms with van der Waals surface area (Å²) in [6, 6.07) is 15.5. The predicted molar refractivity (Wildman–Crippen MR) is 108 cm³/mol. The molecule has 1 unspecified atom stereocenters. The molecule has 2 aromatic rings. The highest BCUT2D eigenvalue weighted by Gasteiger charge is 2.24. The first-order valence-electron chi connectivity index (χ1n) is 9.36. The molecule has 1 aliphatic rings. The van der Waals surface area contributed by atoms with E-state index < -0.39 is 0 Å². The number of anilines is 1. The molecule has 28 heavy (non-hydrogen) atoms. The van der Waals surface area contributed by atoms with Crippen molar-refractivity contribution in [2.24, 2.45) is 0 Å². The largest absolute Gasteiger partial charge is 0.465 e. The molecule has 1 heterocycles. The van der Waals surface area contributed by atoms with Gasteiger partial charge in [-0.3, -0.25) is 4.90 Å². The maximum Gasteiger partial charge on any atom is 0.337 e. The molecule has 6 nitrogen and oxygen atoms in total. The topological polar surface area (TPSA) is 59.1 Å². The lowest BCUT2D eigenvalue weighted by Crippen LogP contribution is -2.51. The number of methoxy groups -OCH3 is 2. The molecule has 0 saturated carbocycles. The highest BCUT2D eigenvalue weighted by molar-refractivity contribution is 5.90. The predicted octanol–water partition coefficient (Wildman–Crippen LogP) is 2.97. The minimum absolute atomic E-state index is 0.313. The van der Waals surface area contributed by atoms with E-state index in [4.69, 9.17) is 9.47 Å². The van der Waals surface area contributed by atoms with Crippen LogP contribution in [-0.4, -0.2) is 56.7 Å². The summed E-state index contributed by atoms with van der Waals surface area (Å²) in [5, 5.41) is 0. The van der Waals surface area contributed by atoms with E-state index >= 15 is 0 Å². The van der Waals surface area contributed by atoms with E-state index in [1.165, 1.54) is 19.8 Å². The Kier molecular flexibility index (Phi) is 6.31. The van der Waals surface area contributed by atoms with Gasteiger partial charge in [-0.15, -0.1) is 0 Å². The van der Waals surface area contributed by atoms with Gasteiger partial charge in [-0.2, -0.15) is 0 Å². The van der Waals surface area contributed by atoms with E-state index in [-0.39, 0.29) is 11.9 Å². The van der Waals surface area contributed by atoms with Crippen molar-refractivity contribution in [2.45, 2.75) is 19.5 Å². The van der Waals surface area contributed by atoms with Crippen molar-refractivity contribution in [2.75, 3.05) is 38.8 Å². The lowest BCUT2D eigenvalue weighted by atomic mass is 10.1. The molecule has 2 aromatic carbocycles. The molecule has 0 spiro atoms. The average Bonchev–Trinajstić information content (AvgIpc) is 2.74. The van der Waals surface area contributed by atoms with E-state index in [2.05, 4.69) is 16.7 Å². The third-order valence-electron chi connectivity index (χ3n) is 5.18. The lowest BCUT2D eigenvalue weighted by Gasteiger charge is -2.41. The molecule has 0 aliphatic carbocycles. The SMILES string of the molecule is COC(=O)c1ccc(CN2CCN(c3ccc(C(=O)OC)cc3)CC2C)cc1. The average molecular weight is 382 g/mol. The van der Waals surface area contributed by atoms with Crippen LogP contribution < -0.4 is 4.90 Å². The second kappa shape index (κ2) is 8.89. The molecule has 0 N–H and O–H groups in total. The minimum Gasteiger partial charge on any atom is -0.465 e. The third kappa shape index (κ3) is 4.51. The molecule has 1 fully saturated rings. The Balaban J connectivity index is 1.59. The van der Waals surface area contributed by atoms with Crippen molar-refractivity contribution >= 4 is 17.6 Å². The van der Waals surface area contributed by atoms with Crippen LogP contribution in [0.25, 0.3) is 0 Å². The summed E-state index contributed by atoms with van der Waals surface area (Å²) in [5.41, 5.74) is 3.42. The van der Waals surface area contributed by atoms with Crippen molar-refractivity contribution in [1.82, 2.24) is 4.90 Å². The van der Waals surface area contributed by atoms with Gasteiger partial charge in [-0.05, 0) is 48.9 Å². The van der Waals surface area contributed by atoms with Crippen molar-refractivity contribution in [3.8, 4) is 0 Å². The molecule has 0 amide bonds. The number of rotatable bonds is 5. The zero-order chi connectivity index (χ0) is 20.1. The van der Waals surface area contributed by atoms with Crippen LogP contribution in [-0.2, 0) is 16.0 Å². The normalized spacial score (nSPS) is 17.2. The first-order valence-corrected chi connectivity index (χ1v) is 9.36. The summed E-state index contributed by atoms with van der Waals surface area (Å²) < 4.78 is 9.49. The number of ether oxygens (including phenoxy) is 2. The fraction of sp³-hybridized carbons (Fsp3) is 0.364. The number of hydrogen-bond acceptors (Lipinski definition) is 6.